The summed E-state index contributed by atoms with van der Waals surface area (Å²) in [6, 6.07) is 5.81. The van der Waals surface area contributed by atoms with Crippen molar-refractivity contribution in [1.29, 1.82) is 0 Å². The maximum absolute atomic E-state index is 11.5. The molecule has 0 spiro atoms. The molecule has 1 aliphatic rings. The Kier molecular flexibility index (Phi) is 6.51. The van der Waals surface area contributed by atoms with E-state index in [1.54, 1.807) is 37.0 Å². The molecule has 4 aromatic rings. The van der Waals surface area contributed by atoms with Gasteiger partial charge in [-0.2, -0.15) is 0 Å². The molecule has 0 N–H and O–H groups in total. The number of rotatable bonds is 7. The van der Waals surface area contributed by atoms with Gasteiger partial charge in [-0.25, -0.2) is 24.9 Å². The van der Waals surface area contributed by atoms with E-state index in [2.05, 4.69) is 25.9 Å². The SMILES string of the molecule is COc1ccc(-c2nc(N3CCOCC3)c3sc(CN(C)c4ncc(C(C)=O)cn4)cc3n2)cn1. The van der Waals surface area contributed by atoms with Crippen LogP contribution in [0.25, 0.3) is 21.6 Å². The van der Waals surface area contributed by atoms with Crippen molar-refractivity contribution in [2.45, 2.75) is 13.5 Å². The molecule has 1 saturated heterocycles. The molecule has 0 aromatic carbocycles. The Balaban J connectivity index is 1.49. The number of thiophene rings is 1. The number of fused-ring (bicyclic) bond motifs is 1. The van der Waals surface area contributed by atoms with Crippen LogP contribution >= 0.6 is 11.3 Å². The molecule has 11 heteroatoms. The highest BCUT2D eigenvalue weighted by atomic mass is 32.1. The lowest BCUT2D eigenvalue weighted by molar-refractivity contribution is 0.101. The quantitative estimate of drug-likeness (QED) is 0.358. The van der Waals surface area contributed by atoms with Crippen LogP contribution in [0.1, 0.15) is 22.2 Å². The van der Waals surface area contributed by atoms with E-state index in [1.165, 1.54) is 6.92 Å². The first-order valence-corrected chi connectivity index (χ1v) is 12.0. The van der Waals surface area contributed by atoms with Gasteiger partial charge in [-0.3, -0.25) is 4.79 Å². The molecule has 0 radical (unpaired) electrons. The molecular formula is C24H25N7O3S. The van der Waals surface area contributed by atoms with Crippen molar-refractivity contribution >= 4 is 39.1 Å². The number of methoxy groups -OCH3 is 1. The molecule has 35 heavy (non-hydrogen) atoms. The third-order valence-electron chi connectivity index (χ3n) is 5.70. The summed E-state index contributed by atoms with van der Waals surface area (Å²) in [6.07, 6.45) is 4.85. The van der Waals surface area contributed by atoms with E-state index >= 15 is 0 Å². The number of carbonyl (C=O) groups excluding carboxylic acids is 1. The Hall–Kier alpha value is -3.70. The third kappa shape index (κ3) is 4.91. The molecule has 5 rings (SSSR count). The summed E-state index contributed by atoms with van der Waals surface area (Å²) in [7, 11) is 3.52. The molecule has 0 aliphatic carbocycles. The van der Waals surface area contributed by atoms with Crippen LogP contribution in [0, 0.1) is 0 Å². The second kappa shape index (κ2) is 9.88. The number of hydrogen-bond acceptors (Lipinski definition) is 11. The van der Waals surface area contributed by atoms with Crippen LogP contribution in [0.15, 0.2) is 36.8 Å². The third-order valence-corrected chi connectivity index (χ3v) is 6.80. The molecule has 10 nitrogen and oxygen atoms in total. The molecule has 4 aromatic heterocycles. The van der Waals surface area contributed by atoms with Crippen LogP contribution in [-0.2, 0) is 11.3 Å². The summed E-state index contributed by atoms with van der Waals surface area (Å²) < 4.78 is 11.8. The highest BCUT2D eigenvalue weighted by Gasteiger charge is 2.21. The summed E-state index contributed by atoms with van der Waals surface area (Å²) in [6.45, 7) is 4.98. The number of pyridine rings is 1. The molecule has 1 aliphatic heterocycles. The first-order valence-electron chi connectivity index (χ1n) is 11.2. The number of ketones is 1. The van der Waals surface area contributed by atoms with Crippen molar-refractivity contribution in [3.05, 3.63) is 47.2 Å². The molecule has 0 bridgehead atoms. The van der Waals surface area contributed by atoms with E-state index in [-0.39, 0.29) is 5.78 Å². The molecule has 0 unspecified atom stereocenters. The fourth-order valence-electron chi connectivity index (χ4n) is 3.80. The van der Waals surface area contributed by atoms with Crippen molar-refractivity contribution < 1.29 is 14.3 Å². The van der Waals surface area contributed by atoms with E-state index in [9.17, 15) is 4.79 Å². The van der Waals surface area contributed by atoms with E-state index in [4.69, 9.17) is 19.4 Å². The lowest BCUT2D eigenvalue weighted by Gasteiger charge is -2.28. The average molecular weight is 492 g/mol. The van der Waals surface area contributed by atoms with Gasteiger partial charge in [0.05, 0.1) is 42.6 Å². The maximum atomic E-state index is 11.5. The highest BCUT2D eigenvalue weighted by molar-refractivity contribution is 7.19. The minimum absolute atomic E-state index is 0.0548. The normalized spacial score (nSPS) is 13.7. The summed E-state index contributed by atoms with van der Waals surface area (Å²) in [5.74, 6) is 2.57. The largest absolute Gasteiger partial charge is 0.481 e. The molecule has 0 saturated carbocycles. The van der Waals surface area contributed by atoms with Gasteiger partial charge in [0.1, 0.15) is 0 Å². The average Bonchev–Trinajstić information content (AvgIpc) is 3.31. The summed E-state index contributed by atoms with van der Waals surface area (Å²) >= 11 is 1.66. The van der Waals surface area contributed by atoms with Gasteiger partial charge in [-0.1, -0.05) is 0 Å². The molecule has 0 amide bonds. The minimum Gasteiger partial charge on any atom is -0.481 e. The number of anilines is 2. The fourth-order valence-corrected chi connectivity index (χ4v) is 4.96. The van der Waals surface area contributed by atoms with Crippen LogP contribution in [0.2, 0.25) is 0 Å². The molecule has 1 fully saturated rings. The first-order chi connectivity index (χ1) is 17.0. The van der Waals surface area contributed by atoms with Crippen molar-refractivity contribution in [1.82, 2.24) is 24.9 Å². The Morgan fingerprint density at radius 2 is 1.91 bits per heavy atom. The summed E-state index contributed by atoms with van der Waals surface area (Å²) in [5, 5.41) is 0. The topological polar surface area (TPSA) is 106 Å². The predicted octanol–water partition coefficient (Wildman–Crippen LogP) is 3.23. The lowest BCUT2D eigenvalue weighted by Crippen LogP contribution is -2.36. The molecule has 180 valence electrons. The Labute approximate surface area is 206 Å². The van der Waals surface area contributed by atoms with Crippen LogP contribution in [0.3, 0.4) is 0 Å². The van der Waals surface area contributed by atoms with Crippen LogP contribution in [0.5, 0.6) is 5.88 Å². The Morgan fingerprint density at radius 1 is 1.14 bits per heavy atom. The Morgan fingerprint density at radius 3 is 2.57 bits per heavy atom. The van der Waals surface area contributed by atoms with Gasteiger partial charge < -0.3 is 19.3 Å². The van der Waals surface area contributed by atoms with Crippen LogP contribution in [-0.4, -0.2) is 71.2 Å². The van der Waals surface area contributed by atoms with Crippen molar-refractivity contribution in [3.8, 4) is 17.3 Å². The van der Waals surface area contributed by atoms with Gasteiger partial charge in [-0.05, 0) is 19.1 Å². The molecule has 5 heterocycles. The van der Waals surface area contributed by atoms with Gasteiger partial charge in [0.2, 0.25) is 11.8 Å². The predicted molar refractivity (Wildman–Crippen MR) is 134 cm³/mol. The number of carbonyl (C=O) groups is 1. The van der Waals surface area contributed by atoms with Crippen molar-refractivity contribution in [2.24, 2.45) is 0 Å². The lowest BCUT2D eigenvalue weighted by atomic mass is 10.2. The smallest absolute Gasteiger partial charge is 0.225 e. The van der Waals surface area contributed by atoms with Crippen molar-refractivity contribution in [2.75, 3.05) is 50.3 Å². The zero-order chi connectivity index (χ0) is 24.4. The number of aromatic nitrogens is 5. The Bertz CT molecular complexity index is 1340. The van der Waals surface area contributed by atoms with Gasteiger partial charge in [0.15, 0.2) is 17.4 Å². The fraction of sp³-hybridized carbons (Fsp3) is 0.333. The minimum atomic E-state index is -0.0548. The second-order valence-corrected chi connectivity index (χ2v) is 9.31. The number of morpholine rings is 1. The van der Waals surface area contributed by atoms with Crippen molar-refractivity contribution in [3.63, 3.8) is 0 Å². The molecular weight excluding hydrogens is 466 g/mol. The second-order valence-electron chi connectivity index (χ2n) is 8.17. The van der Waals surface area contributed by atoms with Gasteiger partial charge in [-0.15, -0.1) is 11.3 Å². The van der Waals surface area contributed by atoms with Gasteiger partial charge in [0, 0.05) is 55.2 Å². The number of Topliss-reactive ketones (excluding diaryl/α,β-unsaturated/α-hetero) is 1. The van der Waals surface area contributed by atoms with E-state index < -0.39 is 0 Å². The van der Waals surface area contributed by atoms with E-state index in [1.807, 2.05) is 24.1 Å². The maximum Gasteiger partial charge on any atom is 0.225 e. The summed E-state index contributed by atoms with van der Waals surface area (Å²) in [5.41, 5.74) is 2.20. The monoisotopic (exact) mass is 491 g/mol. The van der Waals surface area contributed by atoms with Gasteiger partial charge in [0.25, 0.3) is 0 Å². The van der Waals surface area contributed by atoms with E-state index in [0.717, 1.165) is 39.6 Å². The highest BCUT2D eigenvalue weighted by Crippen LogP contribution is 2.35. The zero-order valence-electron chi connectivity index (χ0n) is 19.8. The standard InChI is InChI=1S/C24H25N7O3S/c1-15(32)17-12-26-24(27-13-17)30(2)14-18-10-19-21(35-18)23(31-6-8-34-9-7-31)29-22(28-19)16-4-5-20(33-3)25-11-16/h4-5,10-13H,6-9,14H2,1-3H3. The number of nitrogens with zero attached hydrogens (tertiary/aromatic N) is 7. The zero-order valence-corrected chi connectivity index (χ0v) is 20.6. The first kappa shape index (κ1) is 23.1. The van der Waals surface area contributed by atoms with Crippen LogP contribution < -0.4 is 14.5 Å². The van der Waals surface area contributed by atoms with E-state index in [0.29, 0.717) is 43.0 Å². The summed E-state index contributed by atoms with van der Waals surface area (Å²) in [4.78, 5) is 39.6. The van der Waals surface area contributed by atoms with Gasteiger partial charge >= 0.3 is 0 Å². The van der Waals surface area contributed by atoms with Crippen LogP contribution in [0.4, 0.5) is 11.8 Å². The number of hydrogen-bond donors (Lipinski definition) is 0. The number of ether oxygens (including phenoxy) is 2. The molecule has 0 atom stereocenters.